The van der Waals surface area contributed by atoms with E-state index in [0.717, 1.165) is 12.8 Å². The molecule has 1 saturated heterocycles. The summed E-state index contributed by atoms with van der Waals surface area (Å²) >= 11 is 0. The Morgan fingerprint density at radius 3 is 2.44 bits per heavy atom. The number of para-hydroxylation sites is 1. The second kappa shape index (κ2) is 9.34. The van der Waals surface area contributed by atoms with Crippen LogP contribution in [0.25, 0.3) is 0 Å². The van der Waals surface area contributed by atoms with Gasteiger partial charge in [-0.3, -0.25) is 14.9 Å². The number of rotatable bonds is 5. The Balaban J connectivity index is 0.00000261. The number of hydrogen-bond acceptors (Lipinski definition) is 5. The number of nitro groups is 1. The summed E-state index contributed by atoms with van der Waals surface area (Å²) in [6.07, 6.45) is 1.71. The van der Waals surface area contributed by atoms with Gasteiger partial charge < -0.3 is 15.0 Å². The Kier molecular flexibility index (Phi) is 7.15. The van der Waals surface area contributed by atoms with Crippen molar-refractivity contribution in [1.29, 1.82) is 0 Å². The van der Waals surface area contributed by atoms with Crippen LogP contribution in [0.2, 0.25) is 0 Å². The van der Waals surface area contributed by atoms with Gasteiger partial charge in [-0.1, -0.05) is 18.2 Å². The molecule has 3 rings (SSSR count). The van der Waals surface area contributed by atoms with E-state index in [-0.39, 0.29) is 29.6 Å². The summed E-state index contributed by atoms with van der Waals surface area (Å²) in [5.41, 5.74) is 0.0878. The van der Waals surface area contributed by atoms with Crippen molar-refractivity contribution >= 4 is 24.0 Å². The molecule has 0 atom stereocenters. The van der Waals surface area contributed by atoms with Crippen molar-refractivity contribution in [2.45, 2.75) is 18.9 Å². The number of nitrogens with zero attached hydrogens (tertiary/aromatic N) is 2. The minimum Gasteiger partial charge on any atom is -0.457 e. The molecule has 2 aromatic carbocycles. The highest BCUT2D eigenvalue weighted by Gasteiger charge is 2.26. The minimum absolute atomic E-state index is 0. The van der Waals surface area contributed by atoms with Crippen LogP contribution < -0.4 is 10.1 Å². The number of amides is 1. The number of nitro benzene ring substituents is 1. The van der Waals surface area contributed by atoms with Crippen molar-refractivity contribution in [1.82, 2.24) is 10.2 Å². The van der Waals surface area contributed by atoms with E-state index in [9.17, 15) is 14.9 Å². The summed E-state index contributed by atoms with van der Waals surface area (Å²) in [5, 5.41) is 14.4. The van der Waals surface area contributed by atoms with Gasteiger partial charge in [0.2, 0.25) is 0 Å². The van der Waals surface area contributed by atoms with Crippen molar-refractivity contribution in [2.24, 2.45) is 0 Å². The average Bonchev–Trinajstić information content (AvgIpc) is 2.68. The summed E-state index contributed by atoms with van der Waals surface area (Å²) in [7, 11) is 1.91. The Hall–Kier alpha value is -2.64. The Bertz CT molecular complexity index is 793. The molecule has 1 fully saturated rings. The smallest absolute Gasteiger partial charge is 0.270 e. The van der Waals surface area contributed by atoms with Crippen LogP contribution in [0.5, 0.6) is 11.5 Å². The maximum Gasteiger partial charge on any atom is 0.270 e. The maximum atomic E-state index is 13.0. The van der Waals surface area contributed by atoms with Gasteiger partial charge in [0.25, 0.3) is 11.6 Å². The highest BCUT2D eigenvalue weighted by atomic mass is 35.5. The first kappa shape index (κ1) is 20.7. The van der Waals surface area contributed by atoms with Gasteiger partial charge in [-0.2, -0.15) is 0 Å². The van der Waals surface area contributed by atoms with Crippen LogP contribution in [0, 0.1) is 10.1 Å². The number of benzene rings is 2. The fourth-order valence-corrected chi connectivity index (χ4v) is 3.04. The average molecular weight is 392 g/mol. The third-order valence-electron chi connectivity index (χ3n) is 4.57. The Labute approximate surface area is 163 Å². The molecule has 1 aliphatic heterocycles. The molecule has 1 aliphatic rings. The van der Waals surface area contributed by atoms with E-state index in [4.69, 9.17) is 4.74 Å². The van der Waals surface area contributed by atoms with E-state index in [1.165, 1.54) is 18.2 Å². The van der Waals surface area contributed by atoms with Gasteiger partial charge in [-0.15, -0.1) is 12.4 Å². The topological polar surface area (TPSA) is 84.7 Å². The zero-order chi connectivity index (χ0) is 18.5. The van der Waals surface area contributed by atoms with E-state index in [2.05, 4.69) is 5.32 Å². The van der Waals surface area contributed by atoms with Crippen molar-refractivity contribution < 1.29 is 14.5 Å². The van der Waals surface area contributed by atoms with Gasteiger partial charge in [0, 0.05) is 31.3 Å². The van der Waals surface area contributed by atoms with Gasteiger partial charge >= 0.3 is 0 Å². The second-order valence-corrected chi connectivity index (χ2v) is 6.21. The van der Waals surface area contributed by atoms with E-state index >= 15 is 0 Å². The van der Waals surface area contributed by atoms with Gasteiger partial charge in [0.15, 0.2) is 0 Å². The second-order valence-electron chi connectivity index (χ2n) is 6.21. The van der Waals surface area contributed by atoms with Gasteiger partial charge in [-0.05, 0) is 38.1 Å². The molecular formula is C19H22ClN3O4. The maximum absolute atomic E-state index is 13.0. The van der Waals surface area contributed by atoms with Gasteiger partial charge in [-0.25, -0.2) is 0 Å². The molecule has 0 bridgehead atoms. The van der Waals surface area contributed by atoms with E-state index < -0.39 is 4.92 Å². The zero-order valence-electron chi connectivity index (χ0n) is 15.0. The monoisotopic (exact) mass is 391 g/mol. The SMILES string of the molecule is CNC1CCN(C(=O)c2cc([N+](=O)[O-])ccc2Oc2ccccc2)CC1.Cl. The van der Waals surface area contributed by atoms with Gasteiger partial charge in [0.1, 0.15) is 11.5 Å². The molecule has 0 saturated carbocycles. The third kappa shape index (κ3) is 4.96. The standard InChI is InChI=1S/C19H21N3O4.ClH/c1-20-14-9-11-21(12-10-14)19(23)17-13-15(22(24)25)7-8-18(17)26-16-5-3-2-4-6-16;/h2-8,13-14,20H,9-12H2,1H3;1H. The normalized spacial score (nSPS) is 14.3. The summed E-state index contributed by atoms with van der Waals surface area (Å²) in [4.78, 5) is 25.3. The first-order chi connectivity index (χ1) is 12.6. The van der Waals surface area contributed by atoms with Crippen LogP contribution in [-0.4, -0.2) is 41.9 Å². The fourth-order valence-electron chi connectivity index (χ4n) is 3.04. The Morgan fingerprint density at radius 1 is 1.19 bits per heavy atom. The summed E-state index contributed by atoms with van der Waals surface area (Å²) in [5.74, 6) is 0.654. The van der Waals surface area contributed by atoms with Gasteiger partial charge in [0.05, 0.1) is 10.5 Å². The van der Waals surface area contributed by atoms with Crippen LogP contribution in [0.3, 0.4) is 0 Å². The van der Waals surface area contributed by atoms with Crippen LogP contribution in [0.1, 0.15) is 23.2 Å². The lowest BCUT2D eigenvalue weighted by Crippen LogP contribution is -2.44. The molecule has 144 valence electrons. The van der Waals surface area contributed by atoms with Crippen molar-refractivity contribution in [3.8, 4) is 11.5 Å². The lowest BCUT2D eigenvalue weighted by molar-refractivity contribution is -0.384. The molecule has 1 heterocycles. The number of ether oxygens (including phenoxy) is 1. The fraction of sp³-hybridized carbons (Fsp3) is 0.316. The molecule has 0 aromatic heterocycles. The minimum atomic E-state index is -0.504. The molecular weight excluding hydrogens is 370 g/mol. The lowest BCUT2D eigenvalue weighted by atomic mass is 10.0. The number of likely N-dealkylation sites (tertiary alicyclic amines) is 1. The molecule has 2 aromatic rings. The first-order valence-corrected chi connectivity index (χ1v) is 8.56. The van der Waals surface area contributed by atoms with Crippen LogP contribution >= 0.6 is 12.4 Å². The number of hydrogen-bond donors (Lipinski definition) is 1. The number of nitrogens with one attached hydrogen (secondary N) is 1. The lowest BCUT2D eigenvalue weighted by Gasteiger charge is -2.32. The van der Waals surface area contributed by atoms with Crippen LogP contribution in [-0.2, 0) is 0 Å². The Morgan fingerprint density at radius 2 is 1.85 bits per heavy atom. The molecule has 0 unspecified atom stereocenters. The van der Waals surface area contributed by atoms with Crippen molar-refractivity contribution in [3.63, 3.8) is 0 Å². The van der Waals surface area contributed by atoms with Crippen molar-refractivity contribution in [3.05, 3.63) is 64.2 Å². The molecule has 27 heavy (non-hydrogen) atoms. The number of piperidine rings is 1. The first-order valence-electron chi connectivity index (χ1n) is 8.56. The molecule has 1 N–H and O–H groups in total. The highest BCUT2D eigenvalue weighted by molar-refractivity contribution is 5.97. The zero-order valence-corrected chi connectivity index (χ0v) is 15.8. The molecule has 0 radical (unpaired) electrons. The van der Waals surface area contributed by atoms with Crippen LogP contribution in [0.4, 0.5) is 5.69 Å². The molecule has 8 heteroatoms. The van der Waals surface area contributed by atoms with Crippen LogP contribution in [0.15, 0.2) is 48.5 Å². The summed E-state index contributed by atoms with van der Waals surface area (Å²) in [6, 6.07) is 13.6. The number of non-ortho nitro benzene ring substituents is 1. The predicted molar refractivity (Wildman–Crippen MR) is 105 cm³/mol. The molecule has 1 amide bonds. The summed E-state index contributed by atoms with van der Waals surface area (Å²) < 4.78 is 5.82. The highest BCUT2D eigenvalue weighted by Crippen LogP contribution is 2.30. The summed E-state index contributed by atoms with van der Waals surface area (Å²) in [6.45, 7) is 1.22. The van der Waals surface area contributed by atoms with E-state index in [0.29, 0.717) is 30.6 Å². The number of halogens is 1. The molecule has 0 aliphatic carbocycles. The predicted octanol–water partition coefficient (Wildman–Crippen LogP) is 3.63. The van der Waals surface area contributed by atoms with E-state index in [1.54, 1.807) is 17.0 Å². The quantitative estimate of drug-likeness (QED) is 0.621. The molecule has 7 nitrogen and oxygen atoms in total. The number of carbonyl (C=O) groups is 1. The third-order valence-corrected chi connectivity index (χ3v) is 4.57. The molecule has 0 spiro atoms. The largest absolute Gasteiger partial charge is 0.457 e. The van der Waals surface area contributed by atoms with E-state index in [1.807, 2.05) is 25.2 Å². The number of carbonyl (C=O) groups excluding carboxylic acids is 1. The van der Waals surface area contributed by atoms with Crippen molar-refractivity contribution in [2.75, 3.05) is 20.1 Å².